The Morgan fingerprint density at radius 3 is 2.79 bits per heavy atom. The van der Waals surface area contributed by atoms with Crippen LogP contribution in [0, 0.1) is 0 Å². The number of likely N-dealkylation sites (N-methyl/N-ethyl adjacent to an activating group) is 2. The summed E-state index contributed by atoms with van der Waals surface area (Å²) in [7, 11) is 4.40. The maximum atomic E-state index is 6.35. The average molecular weight is 326 g/mol. The average Bonchev–Trinajstić information content (AvgIpc) is 2.37. The van der Waals surface area contributed by atoms with Crippen molar-refractivity contribution in [2.45, 2.75) is 24.9 Å². The van der Waals surface area contributed by atoms with E-state index in [1.165, 1.54) is 10.0 Å². The molecule has 0 aliphatic carbocycles. The van der Waals surface area contributed by atoms with E-state index in [0.29, 0.717) is 6.04 Å². The summed E-state index contributed by atoms with van der Waals surface area (Å²) in [6.45, 7) is 3.43. The Bertz CT molecular complexity index is 410. The van der Waals surface area contributed by atoms with E-state index in [2.05, 4.69) is 58.0 Å². The number of halogens is 1. The van der Waals surface area contributed by atoms with Gasteiger partial charge in [0.1, 0.15) is 0 Å². The summed E-state index contributed by atoms with van der Waals surface area (Å²) in [5.74, 6) is 0. The van der Waals surface area contributed by atoms with Gasteiger partial charge in [-0.15, -0.1) is 0 Å². The highest BCUT2D eigenvalue weighted by Gasteiger charge is 2.24. The Balaban J connectivity index is 1.90. The van der Waals surface area contributed by atoms with E-state index in [1.54, 1.807) is 0 Å². The van der Waals surface area contributed by atoms with Crippen molar-refractivity contribution in [1.82, 2.24) is 9.80 Å². The van der Waals surface area contributed by atoms with Gasteiger partial charge in [-0.2, -0.15) is 0 Å². The van der Waals surface area contributed by atoms with Gasteiger partial charge in [0.05, 0.1) is 0 Å². The minimum Gasteiger partial charge on any atom is -0.327 e. The fourth-order valence-corrected chi connectivity index (χ4v) is 3.18. The van der Waals surface area contributed by atoms with Crippen LogP contribution in [0.25, 0.3) is 0 Å². The largest absolute Gasteiger partial charge is 0.327 e. The van der Waals surface area contributed by atoms with Crippen LogP contribution >= 0.6 is 15.9 Å². The molecule has 1 aliphatic rings. The Morgan fingerprint density at radius 2 is 2.05 bits per heavy atom. The van der Waals surface area contributed by atoms with Crippen LogP contribution in [0.2, 0.25) is 0 Å². The molecule has 1 saturated heterocycles. The van der Waals surface area contributed by atoms with Crippen molar-refractivity contribution >= 4 is 15.9 Å². The van der Waals surface area contributed by atoms with Gasteiger partial charge >= 0.3 is 0 Å². The Morgan fingerprint density at radius 1 is 1.32 bits per heavy atom. The van der Waals surface area contributed by atoms with Crippen molar-refractivity contribution in [3.63, 3.8) is 0 Å². The van der Waals surface area contributed by atoms with Crippen molar-refractivity contribution in [3.05, 3.63) is 34.3 Å². The second-order valence-corrected chi connectivity index (χ2v) is 6.54. The molecule has 2 atom stereocenters. The maximum absolute atomic E-state index is 6.35. The van der Waals surface area contributed by atoms with Gasteiger partial charge in [0.15, 0.2) is 0 Å². The minimum absolute atomic E-state index is 0.220. The standard InChI is InChI=1S/C15H24BrN3/c1-18-7-8-19(2)14(11-18)10-13(17)9-12-5-3-4-6-15(12)16/h3-6,13-14H,7-11,17H2,1-2H3. The van der Waals surface area contributed by atoms with Crippen LogP contribution < -0.4 is 5.73 Å². The zero-order valence-electron chi connectivity index (χ0n) is 11.8. The van der Waals surface area contributed by atoms with E-state index in [4.69, 9.17) is 5.73 Å². The monoisotopic (exact) mass is 325 g/mol. The maximum Gasteiger partial charge on any atom is 0.0235 e. The normalized spacial score (nSPS) is 23.5. The van der Waals surface area contributed by atoms with Crippen molar-refractivity contribution in [2.24, 2.45) is 5.73 Å². The molecule has 0 saturated carbocycles. The first-order valence-corrected chi connectivity index (χ1v) is 7.73. The summed E-state index contributed by atoms with van der Waals surface area (Å²) in [4.78, 5) is 4.84. The van der Waals surface area contributed by atoms with E-state index in [1.807, 2.05) is 6.07 Å². The Labute approximate surface area is 124 Å². The molecule has 1 aliphatic heterocycles. The van der Waals surface area contributed by atoms with Crippen LogP contribution in [0.5, 0.6) is 0 Å². The number of hydrogen-bond donors (Lipinski definition) is 1. The highest BCUT2D eigenvalue weighted by Crippen LogP contribution is 2.19. The molecule has 2 rings (SSSR count). The third-order valence-electron chi connectivity index (χ3n) is 3.99. The smallest absolute Gasteiger partial charge is 0.0235 e. The predicted molar refractivity (Wildman–Crippen MR) is 84.4 cm³/mol. The lowest BCUT2D eigenvalue weighted by molar-refractivity contribution is 0.104. The fourth-order valence-electron chi connectivity index (χ4n) is 2.74. The van der Waals surface area contributed by atoms with E-state index in [9.17, 15) is 0 Å². The van der Waals surface area contributed by atoms with Gasteiger partial charge in [0, 0.05) is 36.2 Å². The van der Waals surface area contributed by atoms with Crippen LogP contribution in [0.1, 0.15) is 12.0 Å². The van der Waals surface area contributed by atoms with Crippen molar-refractivity contribution in [2.75, 3.05) is 33.7 Å². The first-order chi connectivity index (χ1) is 9.06. The molecule has 0 spiro atoms. The lowest BCUT2D eigenvalue weighted by Gasteiger charge is -2.38. The van der Waals surface area contributed by atoms with Gasteiger partial charge in [0.2, 0.25) is 0 Å². The Hall–Kier alpha value is -0.420. The van der Waals surface area contributed by atoms with Gasteiger partial charge in [-0.3, -0.25) is 0 Å². The molecule has 19 heavy (non-hydrogen) atoms. The van der Waals surface area contributed by atoms with Crippen molar-refractivity contribution in [3.8, 4) is 0 Å². The highest BCUT2D eigenvalue weighted by atomic mass is 79.9. The third-order valence-corrected chi connectivity index (χ3v) is 4.77. The molecule has 0 radical (unpaired) electrons. The molecular weight excluding hydrogens is 302 g/mol. The van der Waals surface area contributed by atoms with Gasteiger partial charge in [-0.1, -0.05) is 34.1 Å². The molecule has 3 nitrogen and oxygen atoms in total. The zero-order chi connectivity index (χ0) is 13.8. The first kappa shape index (κ1) is 15.0. The second kappa shape index (κ2) is 6.84. The van der Waals surface area contributed by atoms with Crippen LogP contribution in [-0.4, -0.2) is 55.6 Å². The number of benzene rings is 1. The van der Waals surface area contributed by atoms with Gasteiger partial charge in [-0.05, 0) is 38.6 Å². The third kappa shape index (κ3) is 4.28. The molecule has 1 heterocycles. The number of hydrogen-bond acceptors (Lipinski definition) is 3. The van der Waals surface area contributed by atoms with Gasteiger partial charge in [-0.25, -0.2) is 0 Å². The number of piperazine rings is 1. The summed E-state index contributed by atoms with van der Waals surface area (Å²) in [5, 5.41) is 0. The molecule has 1 aromatic carbocycles. The quantitative estimate of drug-likeness (QED) is 0.918. The molecule has 0 aromatic heterocycles. The molecule has 1 aromatic rings. The van der Waals surface area contributed by atoms with Crippen LogP contribution in [0.3, 0.4) is 0 Å². The summed E-state index contributed by atoms with van der Waals surface area (Å²) in [5.41, 5.74) is 7.65. The molecule has 1 fully saturated rings. The van der Waals surface area contributed by atoms with E-state index in [0.717, 1.165) is 32.5 Å². The number of rotatable bonds is 4. The van der Waals surface area contributed by atoms with Crippen LogP contribution in [0.15, 0.2) is 28.7 Å². The van der Waals surface area contributed by atoms with Gasteiger partial charge in [0.25, 0.3) is 0 Å². The summed E-state index contributed by atoms with van der Waals surface area (Å²) in [6.07, 6.45) is 2.00. The van der Waals surface area contributed by atoms with Crippen LogP contribution in [-0.2, 0) is 6.42 Å². The lowest BCUT2D eigenvalue weighted by Crippen LogP contribution is -2.51. The summed E-state index contributed by atoms with van der Waals surface area (Å²) < 4.78 is 1.17. The van der Waals surface area contributed by atoms with Crippen LogP contribution in [0.4, 0.5) is 0 Å². The molecule has 2 unspecified atom stereocenters. The van der Waals surface area contributed by atoms with E-state index >= 15 is 0 Å². The summed E-state index contributed by atoms with van der Waals surface area (Å²) >= 11 is 3.60. The lowest BCUT2D eigenvalue weighted by atomic mass is 9.98. The Kier molecular flexibility index (Phi) is 5.39. The molecule has 2 N–H and O–H groups in total. The van der Waals surface area contributed by atoms with E-state index < -0.39 is 0 Å². The number of nitrogens with two attached hydrogens (primary N) is 1. The highest BCUT2D eigenvalue weighted by molar-refractivity contribution is 9.10. The topological polar surface area (TPSA) is 32.5 Å². The second-order valence-electron chi connectivity index (χ2n) is 5.69. The molecule has 4 heteroatoms. The van der Waals surface area contributed by atoms with Crippen molar-refractivity contribution in [1.29, 1.82) is 0 Å². The first-order valence-electron chi connectivity index (χ1n) is 6.94. The summed E-state index contributed by atoms with van der Waals surface area (Å²) in [6, 6.07) is 9.16. The minimum atomic E-state index is 0.220. The number of nitrogens with zero attached hydrogens (tertiary/aromatic N) is 2. The molecule has 0 bridgehead atoms. The molecule has 106 valence electrons. The van der Waals surface area contributed by atoms with Crippen molar-refractivity contribution < 1.29 is 0 Å². The SMILES string of the molecule is CN1CCN(C)C(CC(N)Cc2ccccc2Br)C1. The van der Waals surface area contributed by atoms with Gasteiger partial charge < -0.3 is 15.5 Å². The fraction of sp³-hybridized carbons (Fsp3) is 0.600. The predicted octanol–water partition coefficient (Wildman–Crippen LogP) is 1.95. The molecule has 0 amide bonds. The zero-order valence-corrected chi connectivity index (χ0v) is 13.4. The van der Waals surface area contributed by atoms with E-state index in [-0.39, 0.29) is 6.04 Å². The molecular formula is C15H24BrN3.